The highest BCUT2D eigenvalue weighted by atomic mass is 16.3. The lowest BCUT2D eigenvalue weighted by atomic mass is 9.67. The van der Waals surface area contributed by atoms with Crippen LogP contribution in [0.25, 0.3) is 55.3 Å². The molecule has 10 rings (SSSR count). The lowest BCUT2D eigenvalue weighted by Gasteiger charge is -2.36. The van der Waals surface area contributed by atoms with E-state index in [-0.39, 0.29) is 0 Å². The fourth-order valence-corrected chi connectivity index (χ4v) is 9.26. The van der Waals surface area contributed by atoms with E-state index >= 15 is 0 Å². The molecule has 58 heavy (non-hydrogen) atoms. The topological polar surface area (TPSA) is 16.4 Å². The van der Waals surface area contributed by atoms with Gasteiger partial charge in [0, 0.05) is 33.2 Å². The van der Waals surface area contributed by atoms with Gasteiger partial charge in [-0.2, -0.15) is 0 Å². The van der Waals surface area contributed by atoms with Crippen molar-refractivity contribution < 1.29 is 4.42 Å². The van der Waals surface area contributed by atoms with Gasteiger partial charge in [-0.3, -0.25) is 0 Å². The Balaban J connectivity index is 1.28. The molecule has 1 heterocycles. The second-order valence-corrected chi connectivity index (χ2v) is 14.9. The molecule has 0 saturated carbocycles. The summed E-state index contributed by atoms with van der Waals surface area (Å²) < 4.78 is 6.68. The number of allylic oxidation sites excluding steroid dienone is 5. The minimum absolute atomic E-state index is 0.543. The SMILES string of the molecule is C=C/C=C\C=C(/C)C1(c2ccccc2)c2ccccc2-c2ccc(N(c3ccccc3-c3ccccc3)c3ccccc3-c3cccc4c3oc3ccccc34)cc21. The molecule has 1 aromatic heterocycles. The lowest BCUT2D eigenvalue weighted by molar-refractivity contribution is 0.670. The standard InChI is InChI=1S/C56H41NO/c1-3-4-7-21-39(2)56(41-24-10-6-11-25-41)50-32-16-12-27-44(50)45-37-36-42(38-51(45)56)57(52-33-17-13-26-43(52)40-22-8-5-9-23-40)53-34-18-14-28-46(53)48-30-20-31-49-47-29-15-19-35-54(47)58-55(48)49/h3-38H,1H2,2H3/b7-4-,39-21+. The highest BCUT2D eigenvalue weighted by molar-refractivity contribution is 6.11. The van der Waals surface area contributed by atoms with Crippen molar-refractivity contribution in [3.05, 3.63) is 247 Å². The molecule has 1 aliphatic rings. The normalized spacial score (nSPS) is 14.8. The van der Waals surface area contributed by atoms with Crippen LogP contribution in [0.15, 0.2) is 235 Å². The Morgan fingerprint density at radius 3 is 1.91 bits per heavy atom. The first kappa shape index (κ1) is 35.0. The maximum atomic E-state index is 6.68. The zero-order valence-corrected chi connectivity index (χ0v) is 32.3. The number of rotatable bonds is 9. The third-order valence-corrected chi connectivity index (χ3v) is 11.7. The van der Waals surface area contributed by atoms with Gasteiger partial charge in [-0.1, -0.05) is 200 Å². The molecule has 1 aliphatic carbocycles. The van der Waals surface area contributed by atoms with Gasteiger partial charge in [0.25, 0.3) is 0 Å². The second kappa shape index (κ2) is 14.6. The van der Waals surface area contributed by atoms with Crippen molar-refractivity contribution in [2.24, 2.45) is 0 Å². The van der Waals surface area contributed by atoms with Gasteiger partial charge in [-0.05, 0) is 70.6 Å². The predicted octanol–water partition coefficient (Wildman–Crippen LogP) is 15.4. The van der Waals surface area contributed by atoms with Gasteiger partial charge in [0.15, 0.2) is 0 Å². The van der Waals surface area contributed by atoms with Crippen LogP contribution in [0.3, 0.4) is 0 Å². The molecule has 9 aromatic rings. The fourth-order valence-electron chi connectivity index (χ4n) is 9.26. The van der Waals surface area contributed by atoms with Crippen LogP contribution in [0.4, 0.5) is 17.1 Å². The Kier molecular flexibility index (Phi) is 8.81. The van der Waals surface area contributed by atoms with E-state index < -0.39 is 5.41 Å². The number of furan rings is 1. The van der Waals surface area contributed by atoms with Crippen LogP contribution in [0.2, 0.25) is 0 Å². The van der Waals surface area contributed by atoms with Crippen molar-refractivity contribution in [1.29, 1.82) is 0 Å². The summed E-state index contributed by atoms with van der Waals surface area (Å²) in [6, 6.07) is 70.0. The van der Waals surface area contributed by atoms with E-state index in [0.29, 0.717) is 0 Å². The average Bonchev–Trinajstić information content (AvgIpc) is 3.82. The number of hydrogen-bond donors (Lipinski definition) is 0. The first-order chi connectivity index (χ1) is 28.7. The lowest BCUT2D eigenvalue weighted by Crippen LogP contribution is -2.28. The van der Waals surface area contributed by atoms with Crippen LogP contribution < -0.4 is 4.90 Å². The maximum Gasteiger partial charge on any atom is 0.143 e. The van der Waals surface area contributed by atoms with Crippen molar-refractivity contribution >= 4 is 39.0 Å². The quantitative estimate of drug-likeness (QED) is 0.137. The van der Waals surface area contributed by atoms with E-state index in [4.69, 9.17) is 4.42 Å². The second-order valence-electron chi connectivity index (χ2n) is 14.9. The summed E-state index contributed by atoms with van der Waals surface area (Å²) in [5, 5.41) is 2.22. The van der Waals surface area contributed by atoms with Crippen LogP contribution in [-0.2, 0) is 5.41 Å². The number of hydrogen-bond acceptors (Lipinski definition) is 2. The van der Waals surface area contributed by atoms with Crippen molar-refractivity contribution in [3.63, 3.8) is 0 Å². The number of anilines is 3. The van der Waals surface area contributed by atoms with Gasteiger partial charge in [-0.25, -0.2) is 0 Å². The Bertz CT molecular complexity index is 3040. The van der Waals surface area contributed by atoms with Crippen LogP contribution in [-0.4, -0.2) is 0 Å². The van der Waals surface area contributed by atoms with Crippen LogP contribution >= 0.6 is 0 Å². The molecule has 1 unspecified atom stereocenters. The molecule has 0 bridgehead atoms. The molecule has 1 atom stereocenters. The minimum Gasteiger partial charge on any atom is -0.455 e. The Hall–Kier alpha value is -7.42. The van der Waals surface area contributed by atoms with E-state index in [1.54, 1.807) is 0 Å². The molecular formula is C56H41NO. The summed E-state index contributed by atoms with van der Waals surface area (Å²) in [7, 11) is 0. The third kappa shape index (κ3) is 5.56. The van der Waals surface area contributed by atoms with Crippen molar-refractivity contribution in [1.82, 2.24) is 0 Å². The molecule has 0 spiro atoms. The highest BCUT2D eigenvalue weighted by Crippen LogP contribution is 2.58. The van der Waals surface area contributed by atoms with Crippen molar-refractivity contribution in [2.75, 3.05) is 4.90 Å². The summed E-state index contributed by atoms with van der Waals surface area (Å²) in [4.78, 5) is 2.45. The molecule has 276 valence electrons. The summed E-state index contributed by atoms with van der Waals surface area (Å²) in [5.74, 6) is 0. The minimum atomic E-state index is -0.543. The van der Waals surface area contributed by atoms with Crippen LogP contribution in [0.5, 0.6) is 0 Å². The summed E-state index contributed by atoms with van der Waals surface area (Å²) in [6.07, 6.45) is 8.19. The van der Waals surface area contributed by atoms with E-state index in [1.165, 1.54) is 33.4 Å². The van der Waals surface area contributed by atoms with E-state index in [1.807, 2.05) is 18.2 Å². The Morgan fingerprint density at radius 2 is 1.12 bits per heavy atom. The van der Waals surface area contributed by atoms with Crippen LogP contribution in [0.1, 0.15) is 23.6 Å². The van der Waals surface area contributed by atoms with E-state index in [9.17, 15) is 0 Å². The van der Waals surface area contributed by atoms with Gasteiger partial charge >= 0.3 is 0 Å². The molecule has 0 radical (unpaired) electrons. The molecule has 0 fully saturated rings. The molecule has 0 N–H and O–H groups in total. The smallest absolute Gasteiger partial charge is 0.143 e. The third-order valence-electron chi connectivity index (χ3n) is 11.7. The average molecular weight is 744 g/mol. The summed E-state index contributed by atoms with van der Waals surface area (Å²) in [6.45, 7) is 6.22. The van der Waals surface area contributed by atoms with Gasteiger partial charge in [0.2, 0.25) is 0 Å². The fraction of sp³-hybridized carbons (Fsp3) is 0.0357. The monoisotopic (exact) mass is 743 g/mol. The highest BCUT2D eigenvalue weighted by Gasteiger charge is 2.46. The van der Waals surface area contributed by atoms with Gasteiger partial charge in [0.1, 0.15) is 11.2 Å². The predicted molar refractivity (Wildman–Crippen MR) is 244 cm³/mol. The number of para-hydroxylation sites is 4. The zero-order chi connectivity index (χ0) is 39.1. The molecule has 0 aliphatic heterocycles. The number of benzene rings is 8. The van der Waals surface area contributed by atoms with Crippen molar-refractivity contribution in [2.45, 2.75) is 12.3 Å². The van der Waals surface area contributed by atoms with Gasteiger partial charge in [-0.15, -0.1) is 0 Å². The molecular weight excluding hydrogens is 703 g/mol. The summed E-state index contributed by atoms with van der Waals surface area (Å²) >= 11 is 0. The molecule has 2 nitrogen and oxygen atoms in total. The summed E-state index contributed by atoms with van der Waals surface area (Å²) in [5.41, 5.74) is 16.3. The van der Waals surface area contributed by atoms with Gasteiger partial charge in [0.05, 0.1) is 16.8 Å². The maximum absolute atomic E-state index is 6.68. The number of nitrogens with zero attached hydrogens (tertiary/aromatic N) is 1. The Labute approximate surface area is 340 Å². The molecule has 2 heteroatoms. The first-order valence-corrected chi connectivity index (χ1v) is 19.9. The zero-order valence-electron chi connectivity index (χ0n) is 32.3. The van der Waals surface area contributed by atoms with E-state index in [0.717, 1.165) is 61.3 Å². The molecule has 8 aromatic carbocycles. The van der Waals surface area contributed by atoms with E-state index in [2.05, 4.69) is 219 Å². The van der Waals surface area contributed by atoms with Gasteiger partial charge < -0.3 is 9.32 Å². The number of fused-ring (bicyclic) bond motifs is 6. The largest absolute Gasteiger partial charge is 0.455 e. The Morgan fingerprint density at radius 1 is 0.517 bits per heavy atom. The molecule has 0 saturated heterocycles. The van der Waals surface area contributed by atoms with Crippen molar-refractivity contribution in [3.8, 4) is 33.4 Å². The van der Waals surface area contributed by atoms with Crippen LogP contribution in [0, 0.1) is 0 Å². The first-order valence-electron chi connectivity index (χ1n) is 19.9. The molecule has 0 amide bonds.